The smallest absolute Gasteiger partial charge is 0.0992 e. The van der Waals surface area contributed by atoms with E-state index < -0.39 is 0 Å². The summed E-state index contributed by atoms with van der Waals surface area (Å²) in [5.41, 5.74) is 4.74. The number of rotatable bonds is 3. The molecule has 0 radical (unpaired) electrons. The number of hydrogen-bond donors (Lipinski definition) is 0. The fourth-order valence-corrected chi connectivity index (χ4v) is 2.86. The normalized spacial score (nSPS) is 14.0. The van der Waals surface area contributed by atoms with Crippen LogP contribution < -0.4 is 0 Å². The molecule has 3 aromatic rings. The van der Waals surface area contributed by atoms with Crippen LogP contribution in [0.2, 0.25) is 0 Å². The minimum Gasteiger partial charge on any atom is -0.337 e. The molecule has 4 heteroatoms. The highest BCUT2D eigenvalue weighted by Gasteiger charge is 2.28. The van der Waals surface area contributed by atoms with Gasteiger partial charge in [-0.2, -0.15) is 15.5 Å². The van der Waals surface area contributed by atoms with Crippen molar-refractivity contribution in [2.24, 2.45) is 0 Å². The van der Waals surface area contributed by atoms with Crippen LogP contribution in [0.15, 0.2) is 43.1 Å². The van der Waals surface area contributed by atoms with E-state index in [9.17, 15) is 0 Å². The molecule has 1 aliphatic carbocycles. The van der Waals surface area contributed by atoms with Crippen molar-refractivity contribution in [3.05, 3.63) is 54.4 Å². The molecule has 0 spiro atoms. The van der Waals surface area contributed by atoms with E-state index in [4.69, 9.17) is 5.26 Å². The van der Waals surface area contributed by atoms with Crippen LogP contribution in [-0.4, -0.2) is 14.8 Å². The molecule has 4 rings (SSSR count). The maximum atomic E-state index is 9.15. The molecule has 0 amide bonds. The Morgan fingerprint density at radius 2 is 2.14 bits per heavy atom. The predicted molar refractivity (Wildman–Crippen MR) is 86.0 cm³/mol. The van der Waals surface area contributed by atoms with Crippen molar-refractivity contribution in [2.45, 2.75) is 18.9 Å². The summed E-state index contributed by atoms with van der Waals surface area (Å²) < 4.78 is 2.33. The standard InChI is InChI=1S/C18H14N4/c1-2-15-8-14(11-20-21-15)18-9-13-4-3-12(10-19)7-17(13)22(18)16-5-6-16/h2-4,7-9,11,16H,1,5-6H2. The summed E-state index contributed by atoms with van der Waals surface area (Å²) in [6, 6.07) is 12.8. The molecular weight excluding hydrogens is 272 g/mol. The molecule has 1 fully saturated rings. The molecule has 2 heterocycles. The van der Waals surface area contributed by atoms with E-state index in [1.54, 1.807) is 12.3 Å². The molecule has 0 saturated heterocycles. The molecule has 0 aliphatic heterocycles. The fourth-order valence-electron chi connectivity index (χ4n) is 2.86. The van der Waals surface area contributed by atoms with Gasteiger partial charge in [-0.25, -0.2) is 0 Å². The Bertz CT molecular complexity index is 926. The average molecular weight is 286 g/mol. The Morgan fingerprint density at radius 3 is 2.86 bits per heavy atom. The van der Waals surface area contributed by atoms with Gasteiger partial charge in [0.25, 0.3) is 0 Å². The van der Waals surface area contributed by atoms with Gasteiger partial charge in [-0.15, -0.1) is 0 Å². The second-order valence-corrected chi connectivity index (χ2v) is 5.59. The van der Waals surface area contributed by atoms with Crippen LogP contribution in [0.25, 0.3) is 28.2 Å². The van der Waals surface area contributed by atoms with Gasteiger partial charge in [0, 0.05) is 17.0 Å². The molecule has 1 aromatic carbocycles. The highest BCUT2D eigenvalue weighted by atomic mass is 15.1. The molecule has 0 unspecified atom stereocenters. The Hall–Kier alpha value is -2.93. The molecule has 0 N–H and O–H groups in total. The van der Waals surface area contributed by atoms with E-state index in [-0.39, 0.29) is 0 Å². The monoisotopic (exact) mass is 286 g/mol. The van der Waals surface area contributed by atoms with Crippen LogP contribution in [0.3, 0.4) is 0 Å². The van der Waals surface area contributed by atoms with Gasteiger partial charge in [0.05, 0.1) is 34.7 Å². The first kappa shape index (κ1) is 12.8. The highest BCUT2D eigenvalue weighted by Crippen LogP contribution is 2.42. The topological polar surface area (TPSA) is 54.5 Å². The van der Waals surface area contributed by atoms with Gasteiger partial charge in [0.15, 0.2) is 0 Å². The van der Waals surface area contributed by atoms with Crippen LogP contribution in [0.4, 0.5) is 0 Å². The first-order valence-corrected chi connectivity index (χ1v) is 7.31. The summed E-state index contributed by atoms with van der Waals surface area (Å²) in [5.74, 6) is 0. The van der Waals surface area contributed by atoms with Crippen LogP contribution in [0, 0.1) is 11.3 Å². The highest BCUT2D eigenvalue weighted by molar-refractivity contribution is 5.88. The van der Waals surface area contributed by atoms with E-state index in [0.717, 1.165) is 27.9 Å². The number of nitriles is 1. The lowest BCUT2D eigenvalue weighted by Crippen LogP contribution is -1.98. The summed E-state index contributed by atoms with van der Waals surface area (Å²) in [4.78, 5) is 0. The summed E-state index contributed by atoms with van der Waals surface area (Å²) in [6.45, 7) is 3.76. The second-order valence-electron chi connectivity index (χ2n) is 5.59. The molecule has 2 aromatic heterocycles. The lowest BCUT2D eigenvalue weighted by atomic mass is 10.1. The number of nitrogens with zero attached hydrogens (tertiary/aromatic N) is 4. The van der Waals surface area contributed by atoms with Gasteiger partial charge < -0.3 is 4.57 Å². The molecule has 1 aliphatic rings. The minimum atomic E-state index is 0.516. The van der Waals surface area contributed by atoms with Gasteiger partial charge in [-0.1, -0.05) is 12.6 Å². The molecule has 0 bridgehead atoms. The lowest BCUT2D eigenvalue weighted by molar-refractivity contribution is 0.782. The summed E-state index contributed by atoms with van der Waals surface area (Å²) in [5, 5.41) is 18.4. The van der Waals surface area contributed by atoms with Crippen molar-refractivity contribution >= 4 is 17.0 Å². The maximum Gasteiger partial charge on any atom is 0.0992 e. The van der Waals surface area contributed by atoms with Crippen LogP contribution >= 0.6 is 0 Å². The van der Waals surface area contributed by atoms with Crippen LogP contribution in [-0.2, 0) is 0 Å². The number of benzene rings is 1. The molecule has 4 nitrogen and oxygen atoms in total. The van der Waals surface area contributed by atoms with E-state index in [0.29, 0.717) is 11.6 Å². The van der Waals surface area contributed by atoms with Crippen LogP contribution in [0.5, 0.6) is 0 Å². The summed E-state index contributed by atoms with van der Waals surface area (Å²) >= 11 is 0. The van der Waals surface area contributed by atoms with Crippen molar-refractivity contribution in [2.75, 3.05) is 0 Å². The molecule has 0 atom stereocenters. The Labute approximate surface area is 128 Å². The summed E-state index contributed by atoms with van der Waals surface area (Å²) in [6.07, 6.45) is 5.85. The first-order valence-electron chi connectivity index (χ1n) is 7.31. The van der Waals surface area contributed by atoms with Crippen LogP contribution in [0.1, 0.15) is 30.1 Å². The third-order valence-electron chi connectivity index (χ3n) is 4.06. The van der Waals surface area contributed by atoms with Crippen molar-refractivity contribution in [1.29, 1.82) is 5.26 Å². The lowest BCUT2D eigenvalue weighted by Gasteiger charge is -2.09. The SMILES string of the molecule is C=Cc1cc(-c2cc3ccc(C#N)cc3n2C2CC2)cnn1. The number of aromatic nitrogens is 3. The van der Waals surface area contributed by atoms with Gasteiger partial charge in [-0.05, 0) is 43.2 Å². The van der Waals surface area contributed by atoms with E-state index in [1.165, 1.54) is 12.8 Å². The van der Waals surface area contributed by atoms with Gasteiger partial charge in [0.2, 0.25) is 0 Å². The van der Waals surface area contributed by atoms with Gasteiger partial charge in [0.1, 0.15) is 0 Å². The zero-order chi connectivity index (χ0) is 15.1. The fraction of sp³-hybridized carbons (Fsp3) is 0.167. The third kappa shape index (κ3) is 1.99. The van der Waals surface area contributed by atoms with Gasteiger partial charge >= 0.3 is 0 Å². The number of hydrogen-bond acceptors (Lipinski definition) is 3. The largest absolute Gasteiger partial charge is 0.337 e. The molecule has 106 valence electrons. The van der Waals surface area contributed by atoms with E-state index in [1.807, 2.05) is 24.3 Å². The minimum absolute atomic E-state index is 0.516. The van der Waals surface area contributed by atoms with Crippen molar-refractivity contribution in [3.8, 4) is 17.3 Å². The predicted octanol–water partition coefficient (Wildman–Crippen LogP) is 3.95. The Kier molecular flexibility index (Phi) is 2.80. The first-order chi connectivity index (χ1) is 10.8. The maximum absolute atomic E-state index is 9.15. The van der Waals surface area contributed by atoms with Gasteiger partial charge in [-0.3, -0.25) is 0 Å². The zero-order valence-corrected chi connectivity index (χ0v) is 12.0. The van der Waals surface area contributed by atoms with E-state index >= 15 is 0 Å². The Morgan fingerprint density at radius 1 is 1.27 bits per heavy atom. The van der Waals surface area contributed by atoms with E-state index in [2.05, 4.69) is 33.5 Å². The van der Waals surface area contributed by atoms with Crippen molar-refractivity contribution in [1.82, 2.24) is 14.8 Å². The zero-order valence-electron chi connectivity index (χ0n) is 12.0. The third-order valence-corrected chi connectivity index (χ3v) is 4.06. The second kappa shape index (κ2) is 4.81. The number of fused-ring (bicyclic) bond motifs is 1. The molecule has 1 saturated carbocycles. The average Bonchev–Trinajstić information content (AvgIpc) is 3.34. The molecule has 22 heavy (non-hydrogen) atoms. The quantitative estimate of drug-likeness (QED) is 0.732. The summed E-state index contributed by atoms with van der Waals surface area (Å²) in [7, 11) is 0. The van der Waals surface area contributed by atoms with Crippen molar-refractivity contribution < 1.29 is 0 Å². The van der Waals surface area contributed by atoms with Crippen molar-refractivity contribution in [3.63, 3.8) is 0 Å². The molecular formula is C18H14N4. The Balaban J connectivity index is 1.98.